The topological polar surface area (TPSA) is 115 Å². The minimum absolute atomic E-state index is 0.0738. The van der Waals surface area contributed by atoms with Gasteiger partial charge < -0.3 is 15.7 Å². The zero-order chi connectivity index (χ0) is 21.7. The second-order valence-electron chi connectivity index (χ2n) is 6.27. The van der Waals surface area contributed by atoms with Crippen molar-refractivity contribution in [3.05, 3.63) is 69.3 Å². The number of carbonyl (C=O) groups is 2. The molecule has 0 aliphatic heterocycles. The number of nitrogens with one attached hydrogen (secondary N) is 2. The summed E-state index contributed by atoms with van der Waals surface area (Å²) in [6.07, 6.45) is 1.28. The van der Waals surface area contributed by atoms with E-state index in [9.17, 15) is 14.9 Å². The van der Waals surface area contributed by atoms with Gasteiger partial charge in [0.1, 0.15) is 6.07 Å². The summed E-state index contributed by atoms with van der Waals surface area (Å²) in [5.41, 5.74) is 1.66. The lowest BCUT2D eigenvalue weighted by Crippen LogP contribution is -2.28. The molecule has 0 aliphatic carbocycles. The molecular weight excluding hydrogens is 427 g/mol. The van der Waals surface area contributed by atoms with Crippen LogP contribution in [0.5, 0.6) is 0 Å². The maximum absolute atomic E-state index is 12.8. The van der Waals surface area contributed by atoms with Crippen molar-refractivity contribution in [3.8, 4) is 6.07 Å². The quantitative estimate of drug-likeness (QED) is 0.541. The molecule has 0 fully saturated rings. The zero-order valence-electron chi connectivity index (χ0n) is 15.6. The highest BCUT2D eigenvalue weighted by Crippen LogP contribution is 2.29. The number of aliphatic hydroxyl groups excluding tert-OH is 1. The number of carbonyl (C=O) groups excluding carboxylic acids is 2. The standard InChI is InChI=1S/C21H16Cl2N4O3/c22-15-4-2-5-16(23)19(15)21(30)27-17-6-1-3-13-14(9-18(29)25-7-8-28)12(10-24)11-26-20(13)17/h1-6,11,28H,7-9H2,(H,25,29)(H,27,30). The Hall–Kier alpha value is -3.18. The van der Waals surface area contributed by atoms with E-state index in [0.717, 1.165) is 0 Å². The Morgan fingerprint density at radius 3 is 2.50 bits per heavy atom. The summed E-state index contributed by atoms with van der Waals surface area (Å²) < 4.78 is 0. The molecule has 2 amide bonds. The van der Waals surface area contributed by atoms with Gasteiger partial charge in [0.15, 0.2) is 0 Å². The summed E-state index contributed by atoms with van der Waals surface area (Å²) in [4.78, 5) is 29.2. The van der Waals surface area contributed by atoms with Crippen LogP contribution in [0, 0.1) is 11.3 Å². The van der Waals surface area contributed by atoms with Gasteiger partial charge in [-0.2, -0.15) is 5.26 Å². The third-order valence-corrected chi connectivity index (χ3v) is 4.97. The number of hydrogen-bond donors (Lipinski definition) is 3. The second-order valence-corrected chi connectivity index (χ2v) is 7.08. The first-order chi connectivity index (χ1) is 14.5. The van der Waals surface area contributed by atoms with Crippen LogP contribution in [-0.2, 0) is 11.2 Å². The number of benzene rings is 2. The van der Waals surface area contributed by atoms with Crippen LogP contribution in [0.25, 0.3) is 10.9 Å². The molecule has 0 unspecified atom stereocenters. The summed E-state index contributed by atoms with van der Waals surface area (Å²) in [5, 5.41) is 24.6. The van der Waals surface area contributed by atoms with Crippen molar-refractivity contribution < 1.29 is 14.7 Å². The number of halogens is 2. The predicted octanol–water partition coefficient (Wildman–Crippen LogP) is 3.32. The van der Waals surface area contributed by atoms with Crippen molar-refractivity contribution in [2.45, 2.75) is 6.42 Å². The minimum atomic E-state index is -0.508. The van der Waals surface area contributed by atoms with Crippen LogP contribution in [0.1, 0.15) is 21.5 Å². The molecule has 2 aromatic carbocycles. The predicted molar refractivity (Wildman–Crippen MR) is 115 cm³/mol. The van der Waals surface area contributed by atoms with E-state index in [1.807, 2.05) is 6.07 Å². The van der Waals surface area contributed by atoms with Gasteiger partial charge in [-0.1, -0.05) is 41.4 Å². The van der Waals surface area contributed by atoms with E-state index >= 15 is 0 Å². The maximum Gasteiger partial charge on any atom is 0.258 e. The van der Waals surface area contributed by atoms with Gasteiger partial charge in [0.05, 0.1) is 45.4 Å². The number of amides is 2. The number of aliphatic hydroxyl groups is 1. The van der Waals surface area contributed by atoms with Crippen molar-refractivity contribution in [1.29, 1.82) is 5.26 Å². The van der Waals surface area contributed by atoms with Crippen LogP contribution in [0.15, 0.2) is 42.6 Å². The summed E-state index contributed by atoms with van der Waals surface area (Å²) in [6, 6.07) is 11.9. The highest BCUT2D eigenvalue weighted by atomic mass is 35.5. The molecule has 3 rings (SSSR count). The molecule has 0 aliphatic rings. The maximum atomic E-state index is 12.8. The number of hydrogen-bond acceptors (Lipinski definition) is 5. The molecule has 0 saturated carbocycles. The molecule has 3 N–H and O–H groups in total. The molecule has 3 aromatic rings. The number of nitrogens with zero attached hydrogens (tertiary/aromatic N) is 2. The number of pyridine rings is 1. The van der Waals surface area contributed by atoms with Crippen molar-refractivity contribution in [1.82, 2.24) is 10.3 Å². The van der Waals surface area contributed by atoms with Gasteiger partial charge in [-0.05, 0) is 23.8 Å². The summed E-state index contributed by atoms with van der Waals surface area (Å²) in [6.45, 7) is -0.0711. The highest BCUT2D eigenvalue weighted by Gasteiger charge is 2.18. The summed E-state index contributed by atoms with van der Waals surface area (Å²) in [5.74, 6) is -0.850. The first kappa shape index (κ1) is 21.5. The lowest BCUT2D eigenvalue weighted by Gasteiger charge is -2.13. The first-order valence-electron chi connectivity index (χ1n) is 8.90. The van der Waals surface area contributed by atoms with Gasteiger partial charge in [0.2, 0.25) is 5.91 Å². The van der Waals surface area contributed by atoms with E-state index in [1.165, 1.54) is 6.20 Å². The van der Waals surface area contributed by atoms with Gasteiger partial charge in [0.25, 0.3) is 5.91 Å². The largest absolute Gasteiger partial charge is 0.395 e. The third-order valence-electron chi connectivity index (χ3n) is 4.34. The van der Waals surface area contributed by atoms with Crippen LogP contribution in [-0.4, -0.2) is 35.1 Å². The number of nitriles is 1. The molecule has 1 heterocycles. The average Bonchev–Trinajstić information content (AvgIpc) is 2.72. The van der Waals surface area contributed by atoms with Gasteiger partial charge in [0, 0.05) is 18.1 Å². The Balaban J connectivity index is 2.02. The van der Waals surface area contributed by atoms with E-state index in [2.05, 4.69) is 15.6 Å². The van der Waals surface area contributed by atoms with E-state index in [1.54, 1.807) is 36.4 Å². The molecule has 0 spiro atoms. The summed E-state index contributed by atoms with van der Waals surface area (Å²) in [7, 11) is 0. The Labute approximate surface area is 182 Å². The fourth-order valence-electron chi connectivity index (χ4n) is 2.98. The number of aromatic nitrogens is 1. The molecule has 0 radical (unpaired) electrons. The van der Waals surface area contributed by atoms with E-state index in [0.29, 0.717) is 22.2 Å². The Morgan fingerprint density at radius 2 is 1.83 bits per heavy atom. The fraction of sp³-hybridized carbons (Fsp3) is 0.143. The molecule has 0 saturated heterocycles. The lowest BCUT2D eigenvalue weighted by molar-refractivity contribution is -0.120. The molecule has 0 bridgehead atoms. The van der Waals surface area contributed by atoms with Crippen molar-refractivity contribution in [2.75, 3.05) is 18.5 Å². The van der Waals surface area contributed by atoms with Gasteiger partial charge in [-0.15, -0.1) is 0 Å². The molecule has 152 valence electrons. The lowest BCUT2D eigenvalue weighted by atomic mass is 10.00. The van der Waals surface area contributed by atoms with Gasteiger partial charge in [-0.25, -0.2) is 0 Å². The average molecular weight is 443 g/mol. The van der Waals surface area contributed by atoms with Crippen LogP contribution in [0.3, 0.4) is 0 Å². The number of para-hydroxylation sites is 1. The van der Waals surface area contributed by atoms with Crippen molar-refractivity contribution in [2.24, 2.45) is 0 Å². The van der Waals surface area contributed by atoms with Crippen LogP contribution >= 0.6 is 23.2 Å². The first-order valence-corrected chi connectivity index (χ1v) is 9.65. The Morgan fingerprint density at radius 1 is 1.13 bits per heavy atom. The fourth-order valence-corrected chi connectivity index (χ4v) is 3.55. The third kappa shape index (κ3) is 4.52. The number of anilines is 1. The molecule has 7 nitrogen and oxygen atoms in total. The van der Waals surface area contributed by atoms with E-state index in [-0.39, 0.29) is 46.7 Å². The molecule has 9 heteroatoms. The zero-order valence-corrected chi connectivity index (χ0v) is 17.1. The minimum Gasteiger partial charge on any atom is -0.395 e. The Kier molecular flexibility index (Phi) is 6.85. The van der Waals surface area contributed by atoms with Crippen LogP contribution in [0.2, 0.25) is 10.0 Å². The van der Waals surface area contributed by atoms with E-state index in [4.69, 9.17) is 28.3 Å². The highest BCUT2D eigenvalue weighted by molar-refractivity contribution is 6.40. The molecular formula is C21H16Cl2N4O3. The van der Waals surface area contributed by atoms with E-state index < -0.39 is 5.91 Å². The van der Waals surface area contributed by atoms with Crippen molar-refractivity contribution >= 4 is 51.6 Å². The monoisotopic (exact) mass is 442 g/mol. The van der Waals surface area contributed by atoms with Crippen molar-refractivity contribution in [3.63, 3.8) is 0 Å². The number of rotatable bonds is 6. The molecule has 30 heavy (non-hydrogen) atoms. The van der Waals surface area contributed by atoms with Gasteiger partial charge >= 0.3 is 0 Å². The smallest absolute Gasteiger partial charge is 0.258 e. The van der Waals surface area contributed by atoms with Crippen LogP contribution in [0.4, 0.5) is 5.69 Å². The SMILES string of the molecule is N#Cc1cnc2c(NC(=O)c3c(Cl)cccc3Cl)cccc2c1CC(=O)NCCO. The molecule has 0 atom stereocenters. The second kappa shape index (κ2) is 9.55. The summed E-state index contributed by atoms with van der Waals surface area (Å²) >= 11 is 12.2. The Bertz CT molecular complexity index is 1150. The van der Waals surface area contributed by atoms with Gasteiger partial charge in [-0.3, -0.25) is 14.6 Å². The van der Waals surface area contributed by atoms with Crippen LogP contribution < -0.4 is 10.6 Å². The normalized spacial score (nSPS) is 10.5. The molecule has 1 aromatic heterocycles. The number of fused-ring (bicyclic) bond motifs is 1.